The van der Waals surface area contributed by atoms with Crippen LogP contribution in [-0.2, 0) is 16.1 Å². The van der Waals surface area contributed by atoms with Crippen molar-refractivity contribution in [2.24, 2.45) is 5.92 Å². The molecule has 6 heteroatoms. The number of amides is 2. The monoisotopic (exact) mass is 390 g/mol. The second-order valence-corrected chi connectivity index (χ2v) is 6.85. The second-order valence-electron chi connectivity index (χ2n) is 6.03. The van der Waals surface area contributed by atoms with Crippen molar-refractivity contribution in [3.05, 3.63) is 69.7 Å². The summed E-state index contributed by atoms with van der Waals surface area (Å²) in [7, 11) is 0. The Kier molecular flexibility index (Phi) is 7.25. The summed E-state index contributed by atoms with van der Waals surface area (Å²) < 4.78 is 0. The molecule has 0 aliphatic rings. The number of anilines is 1. The van der Waals surface area contributed by atoms with Gasteiger partial charge in [0.15, 0.2) is 0 Å². The Labute approximate surface area is 163 Å². The molecule has 0 atom stereocenters. The third-order valence-electron chi connectivity index (χ3n) is 3.59. The maximum Gasteiger partial charge on any atom is 0.244 e. The van der Waals surface area contributed by atoms with Gasteiger partial charge in [0.05, 0.1) is 0 Å². The van der Waals surface area contributed by atoms with Crippen LogP contribution in [0, 0.1) is 5.92 Å². The van der Waals surface area contributed by atoms with Gasteiger partial charge in [-0.25, -0.2) is 0 Å². The van der Waals surface area contributed by atoms with E-state index in [1.165, 1.54) is 6.08 Å². The van der Waals surface area contributed by atoms with Crippen LogP contribution in [0.1, 0.15) is 25.0 Å². The van der Waals surface area contributed by atoms with Crippen LogP contribution in [0.4, 0.5) is 5.69 Å². The van der Waals surface area contributed by atoms with E-state index in [1.807, 2.05) is 38.1 Å². The molecule has 0 unspecified atom stereocenters. The third-order valence-corrected chi connectivity index (χ3v) is 4.25. The molecule has 0 heterocycles. The molecule has 0 aliphatic carbocycles. The summed E-state index contributed by atoms with van der Waals surface area (Å²) in [6, 6.07) is 12.5. The minimum absolute atomic E-state index is 0.0502. The standard InChI is InChI=1S/C20H20Cl2N2O2/c1-13(2)20(26)24-15-6-3-5-14(11-15)12-23-19(25)10-9-16-17(21)7-4-8-18(16)22/h3-11,13H,12H2,1-2H3,(H,23,25)(H,24,26)/b10-9+. The first-order valence-electron chi connectivity index (χ1n) is 8.16. The summed E-state index contributed by atoms with van der Waals surface area (Å²) in [6.07, 6.45) is 2.97. The van der Waals surface area contributed by atoms with E-state index in [-0.39, 0.29) is 17.7 Å². The van der Waals surface area contributed by atoms with Crippen LogP contribution in [0.25, 0.3) is 6.08 Å². The fraction of sp³-hybridized carbons (Fsp3) is 0.200. The van der Waals surface area contributed by atoms with Gasteiger partial charge in [-0.2, -0.15) is 0 Å². The van der Waals surface area contributed by atoms with Crippen molar-refractivity contribution in [3.8, 4) is 0 Å². The smallest absolute Gasteiger partial charge is 0.244 e. The van der Waals surface area contributed by atoms with E-state index in [9.17, 15) is 9.59 Å². The summed E-state index contributed by atoms with van der Waals surface area (Å²) in [4.78, 5) is 23.8. The highest BCUT2D eigenvalue weighted by molar-refractivity contribution is 6.37. The van der Waals surface area contributed by atoms with Crippen LogP contribution >= 0.6 is 23.2 Å². The van der Waals surface area contributed by atoms with E-state index in [4.69, 9.17) is 23.2 Å². The molecule has 2 rings (SSSR count). The number of carbonyl (C=O) groups excluding carboxylic acids is 2. The zero-order valence-corrected chi connectivity index (χ0v) is 16.1. The predicted octanol–water partition coefficient (Wildman–Crippen LogP) is 4.92. The van der Waals surface area contributed by atoms with E-state index in [0.717, 1.165) is 5.56 Å². The fourth-order valence-corrected chi connectivity index (χ4v) is 2.65. The van der Waals surface area contributed by atoms with Gasteiger partial charge >= 0.3 is 0 Å². The largest absolute Gasteiger partial charge is 0.348 e. The number of benzene rings is 2. The topological polar surface area (TPSA) is 58.2 Å². The molecule has 0 aromatic heterocycles. The van der Waals surface area contributed by atoms with Crippen molar-refractivity contribution in [2.45, 2.75) is 20.4 Å². The number of halogens is 2. The van der Waals surface area contributed by atoms with Gasteiger partial charge in [0, 0.05) is 39.8 Å². The quantitative estimate of drug-likeness (QED) is 0.687. The Balaban J connectivity index is 1.95. The maximum atomic E-state index is 12.0. The lowest BCUT2D eigenvalue weighted by molar-refractivity contribution is -0.119. The summed E-state index contributed by atoms with van der Waals surface area (Å²) in [6.45, 7) is 4.00. The lowest BCUT2D eigenvalue weighted by Crippen LogP contribution is -2.21. The summed E-state index contributed by atoms with van der Waals surface area (Å²) in [5.41, 5.74) is 2.18. The van der Waals surface area contributed by atoms with E-state index >= 15 is 0 Å². The highest BCUT2D eigenvalue weighted by atomic mass is 35.5. The SMILES string of the molecule is CC(C)C(=O)Nc1cccc(CNC(=O)/C=C/c2c(Cl)cccc2Cl)c1. The van der Waals surface area contributed by atoms with Gasteiger partial charge in [-0.3, -0.25) is 9.59 Å². The molecule has 0 bridgehead atoms. The highest BCUT2D eigenvalue weighted by Gasteiger charge is 2.07. The van der Waals surface area contributed by atoms with Crippen molar-refractivity contribution in [3.63, 3.8) is 0 Å². The number of carbonyl (C=O) groups is 2. The first kappa shape index (κ1) is 20.0. The van der Waals surface area contributed by atoms with Crippen LogP contribution < -0.4 is 10.6 Å². The molecule has 0 radical (unpaired) electrons. The van der Waals surface area contributed by atoms with Crippen molar-refractivity contribution in [2.75, 3.05) is 5.32 Å². The summed E-state index contributed by atoms with van der Waals surface area (Å²) in [5, 5.41) is 6.58. The molecule has 26 heavy (non-hydrogen) atoms. The minimum atomic E-state index is -0.266. The fourth-order valence-electron chi connectivity index (χ4n) is 2.12. The molecular weight excluding hydrogens is 371 g/mol. The molecule has 2 aromatic rings. The molecule has 0 spiro atoms. The van der Waals surface area contributed by atoms with Gasteiger partial charge in [-0.15, -0.1) is 0 Å². The Hall–Kier alpha value is -2.30. The van der Waals surface area contributed by atoms with Crippen LogP contribution in [0.15, 0.2) is 48.5 Å². The molecule has 2 amide bonds. The number of nitrogens with one attached hydrogen (secondary N) is 2. The average molecular weight is 391 g/mol. The van der Waals surface area contributed by atoms with Crippen LogP contribution in [-0.4, -0.2) is 11.8 Å². The molecule has 0 aliphatic heterocycles. The zero-order chi connectivity index (χ0) is 19.1. The third kappa shape index (κ3) is 5.90. The second kappa shape index (κ2) is 9.41. The van der Waals surface area contributed by atoms with E-state index < -0.39 is 0 Å². The molecular formula is C20H20Cl2N2O2. The molecule has 0 saturated heterocycles. The molecule has 0 fully saturated rings. The molecule has 0 saturated carbocycles. The van der Waals surface area contributed by atoms with Gasteiger partial charge in [-0.05, 0) is 35.9 Å². The maximum absolute atomic E-state index is 12.0. The highest BCUT2D eigenvalue weighted by Crippen LogP contribution is 2.25. The van der Waals surface area contributed by atoms with Gasteiger partial charge in [0.1, 0.15) is 0 Å². The van der Waals surface area contributed by atoms with Gasteiger partial charge < -0.3 is 10.6 Å². The normalized spacial score (nSPS) is 11.0. The van der Waals surface area contributed by atoms with Gasteiger partial charge in [0.25, 0.3) is 0 Å². The van der Waals surface area contributed by atoms with Crippen molar-refractivity contribution in [1.29, 1.82) is 0 Å². The van der Waals surface area contributed by atoms with Gasteiger partial charge in [0.2, 0.25) is 11.8 Å². The average Bonchev–Trinajstić information content (AvgIpc) is 2.59. The Morgan fingerprint density at radius 2 is 1.73 bits per heavy atom. The first-order chi connectivity index (χ1) is 12.4. The summed E-state index contributed by atoms with van der Waals surface area (Å²) in [5.74, 6) is -0.413. The van der Waals surface area contributed by atoms with Crippen LogP contribution in [0.2, 0.25) is 10.0 Å². The molecule has 2 aromatic carbocycles. The number of rotatable bonds is 6. The number of hydrogen-bond donors (Lipinski definition) is 2. The molecule has 4 nitrogen and oxygen atoms in total. The Bertz CT molecular complexity index is 812. The molecule has 2 N–H and O–H groups in total. The van der Waals surface area contributed by atoms with E-state index in [0.29, 0.717) is 27.8 Å². The predicted molar refractivity (Wildman–Crippen MR) is 107 cm³/mol. The lowest BCUT2D eigenvalue weighted by Gasteiger charge is -2.09. The van der Waals surface area contributed by atoms with Gasteiger partial charge in [-0.1, -0.05) is 55.2 Å². The lowest BCUT2D eigenvalue weighted by atomic mass is 10.1. The van der Waals surface area contributed by atoms with Crippen molar-refractivity contribution >= 4 is 46.8 Å². The van der Waals surface area contributed by atoms with Crippen molar-refractivity contribution in [1.82, 2.24) is 5.32 Å². The summed E-state index contributed by atoms with van der Waals surface area (Å²) >= 11 is 12.1. The zero-order valence-electron chi connectivity index (χ0n) is 14.6. The molecule has 136 valence electrons. The van der Waals surface area contributed by atoms with Crippen molar-refractivity contribution < 1.29 is 9.59 Å². The van der Waals surface area contributed by atoms with E-state index in [2.05, 4.69) is 10.6 Å². The first-order valence-corrected chi connectivity index (χ1v) is 8.92. The Morgan fingerprint density at radius 3 is 2.38 bits per heavy atom. The minimum Gasteiger partial charge on any atom is -0.348 e. The van der Waals surface area contributed by atoms with E-state index in [1.54, 1.807) is 24.3 Å². The number of hydrogen-bond acceptors (Lipinski definition) is 2. The van der Waals surface area contributed by atoms with Crippen LogP contribution in [0.5, 0.6) is 0 Å². The van der Waals surface area contributed by atoms with Crippen LogP contribution in [0.3, 0.4) is 0 Å². The Morgan fingerprint density at radius 1 is 1.08 bits per heavy atom.